The molecule has 0 saturated heterocycles. The third-order valence-corrected chi connectivity index (χ3v) is 3.68. The van der Waals surface area contributed by atoms with Gasteiger partial charge in [0.1, 0.15) is 6.61 Å². The van der Waals surface area contributed by atoms with E-state index in [0.29, 0.717) is 12.4 Å². The fourth-order valence-electron chi connectivity index (χ4n) is 2.53. The normalized spacial score (nSPS) is 18.6. The molecule has 104 valence electrons. The van der Waals surface area contributed by atoms with Gasteiger partial charge in [0.2, 0.25) is 0 Å². The summed E-state index contributed by atoms with van der Waals surface area (Å²) in [5.74, 6) is 0.307. The highest BCUT2D eigenvalue weighted by molar-refractivity contribution is 5.45. The van der Waals surface area contributed by atoms with Gasteiger partial charge in [0.25, 0.3) is 0 Å². The Morgan fingerprint density at radius 2 is 1.84 bits per heavy atom. The van der Waals surface area contributed by atoms with E-state index in [0.717, 1.165) is 25.7 Å². The molecule has 5 nitrogen and oxygen atoms in total. The second-order valence-corrected chi connectivity index (χ2v) is 5.29. The van der Waals surface area contributed by atoms with Crippen LogP contribution in [0.2, 0.25) is 0 Å². The Hall–Kier alpha value is -1.62. The minimum atomic E-state index is -0.425. The van der Waals surface area contributed by atoms with Crippen LogP contribution in [0.1, 0.15) is 38.5 Å². The number of hydrogen-bond acceptors (Lipinski definition) is 4. The van der Waals surface area contributed by atoms with E-state index >= 15 is 0 Å². The lowest BCUT2D eigenvalue weighted by molar-refractivity contribution is -0.385. The van der Waals surface area contributed by atoms with Crippen molar-refractivity contribution in [3.63, 3.8) is 0 Å². The van der Waals surface area contributed by atoms with E-state index in [1.807, 2.05) is 0 Å². The summed E-state index contributed by atoms with van der Waals surface area (Å²) < 4.78 is 5.63. The topological polar surface area (TPSA) is 78.4 Å². The molecule has 2 rings (SSSR count). The van der Waals surface area contributed by atoms with E-state index in [2.05, 4.69) is 0 Å². The fraction of sp³-hybridized carbons (Fsp3) is 0.571. The summed E-state index contributed by atoms with van der Waals surface area (Å²) in [6, 6.07) is 6.44. The number of nitro benzene ring substituents is 1. The highest BCUT2D eigenvalue weighted by Crippen LogP contribution is 2.29. The van der Waals surface area contributed by atoms with Crippen molar-refractivity contribution in [2.75, 3.05) is 6.61 Å². The number of rotatable bonds is 4. The predicted octanol–water partition coefficient (Wildman–Crippen LogP) is 3.03. The summed E-state index contributed by atoms with van der Waals surface area (Å²) in [5, 5.41) is 10.9. The van der Waals surface area contributed by atoms with Crippen LogP contribution in [0.15, 0.2) is 24.3 Å². The number of nitrogens with two attached hydrogens (primary N) is 1. The number of hydrogen-bond donors (Lipinski definition) is 1. The zero-order valence-electron chi connectivity index (χ0n) is 11.0. The molecule has 2 N–H and O–H groups in total. The van der Waals surface area contributed by atoms with Gasteiger partial charge in [-0.25, -0.2) is 0 Å². The van der Waals surface area contributed by atoms with Crippen LogP contribution in [0.25, 0.3) is 0 Å². The van der Waals surface area contributed by atoms with E-state index in [9.17, 15) is 10.1 Å². The van der Waals surface area contributed by atoms with Gasteiger partial charge < -0.3 is 10.5 Å². The Kier molecular flexibility index (Phi) is 4.37. The van der Waals surface area contributed by atoms with Gasteiger partial charge >= 0.3 is 5.69 Å². The molecule has 0 aromatic heterocycles. The quantitative estimate of drug-likeness (QED) is 0.515. The van der Waals surface area contributed by atoms with Gasteiger partial charge in [-0.05, 0) is 18.9 Å². The molecule has 1 fully saturated rings. The van der Waals surface area contributed by atoms with Gasteiger partial charge in [-0.3, -0.25) is 10.1 Å². The third-order valence-electron chi connectivity index (χ3n) is 3.68. The molecule has 19 heavy (non-hydrogen) atoms. The third kappa shape index (κ3) is 3.67. The van der Waals surface area contributed by atoms with E-state index < -0.39 is 4.92 Å². The van der Waals surface area contributed by atoms with Gasteiger partial charge in [0.15, 0.2) is 5.75 Å². The van der Waals surface area contributed by atoms with Crippen LogP contribution in [0.3, 0.4) is 0 Å². The average Bonchev–Trinajstić information content (AvgIpc) is 2.62. The van der Waals surface area contributed by atoms with Crippen LogP contribution in [-0.2, 0) is 0 Å². The molecular weight excluding hydrogens is 244 g/mol. The Labute approximate surface area is 112 Å². The number of ether oxygens (including phenoxy) is 1. The Bertz CT molecular complexity index is 440. The molecule has 1 saturated carbocycles. The van der Waals surface area contributed by atoms with Gasteiger partial charge in [0, 0.05) is 6.07 Å². The summed E-state index contributed by atoms with van der Waals surface area (Å²) in [4.78, 5) is 10.5. The summed E-state index contributed by atoms with van der Waals surface area (Å²) in [6.45, 7) is 0.345. The Morgan fingerprint density at radius 1 is 1.21 bits per heavy atom. The smallest absolute Gasteiger partial charge is 0.310 e. The van der Waals surface area contributed by atoms with E-state index in [4.69, 9.17) is 10.5 Å². The van der Waals surface area contributed by atoms with Crippen molar-refractivity contribution in [3.8, 4) is 5.75 Å². The number of nitro groups is 1. The molecule has 0 spiro atoms. The second-order valence-electron chi connectivity index (χ2n) is 5.29. The first kappa shape index (κ1) is 13.8. The Morgan fingerprint density at radius 3 is 2.47 bits per heavy atom. The number of benzene rings is 1. The molecule has 0 heterocycles. The van der Waals surface area contributed by atoms with Crippen molar-refractivity contribution < 1.29 is 9.66 Å². The van der Waals surface area contributed by atoms with Crippen molar-refractivity contribution in [3.05, 3.63) is 34.4 Å². The van der Waals surface area contributed by atoms with Crippen molar-refractivity contribution >= 4 is 5.69 Å². The van der Waals surface area contributed by atoms with Crippen LogP contribution in [0, 0.1) is 10.1 Å². The first-order chi connectivity index (χ1) is 9.11. The van der Waals surface area contributed by atoms with Crippen LogP contribution in [-0.4, -0.2) is 17.1 Å². The van der Waals surface area contributed by atoms with E-state index in [-0.39, 0.29) is 11.2 Å². The van der Waals surface area contributed by atoms with Crippen molar-refractivity contribution in [2.24, 2.45) is 5.73 Å². The molecular formula is C14H20N2O3. The highest BCUT2D eigenvalue weighted by atomic mass is 16.6. The average molecular weight is 264 g/mol. The van der Waals surface area contributed by atoms with Gasteiger partial charge in [-0.2, -0.15) is 0 Å². The SMILES string of the molecule is NC1(COc2ccccc2[N+](=O)[O-])CCCCCC1. The molecule has 1 aliphatic rings. The second kappa shape index (κ2) is 6.02. The maximum atomic E-state index is 10.9. The summed E-state index contributed by atoms with van der Waals surface area (Å²) in [5.41, 5.74) is 5.99. The molecule has 0 aliphatic heterocycles. The molecule has 1 aromatic rings. The summed E-state index contributed by atoms with van der Waals surface area (Å²) >= 11 is 0. The lowest BCUT2D eigenvalue weighted by atomic mass is 9.92. The van der Waals surface area contributed by atoms with Gasteiger partial charge in [-0.15, -0.1) is 0 Å². The molecule has 0 radical (unpaired) electrons. The fourth-order valence-corrected chi connectivity index (χ4v) is 2.53. The van der Waals surface area contributed by atoms with Crippen molar-refractivity contribution in [1.82, 2.24) is 0 Å². The monoisotopic (exact) mass is 264 g/mol. The predicted molar refractivity (Wildman–Crippen MR) is 73.2 cm³/mol. The van der Waals surface area contributed by atoms with Crippen molar-refractivity contribution in [1.29, 1.82) is 0 Å². The minimum Gasteiger partial charge on any atom is -0.485 e. The highest BCUT2D eigenvalue weighted by Gasteiger charge is 2.28. The van der Waals surface area contributed by atoms with Crippen LogP contribution >= 0.6 is 0 Å². The van der Waals surface area contributed by atoms with E-state index in [1.165, 1.54) is 18.9 Å². The zero-order chi connectivity index (χ0) is 13.7. The van der Waals surface area contributed by atoms with Gasteiger partial charge in [-0.1, -0.05) is 37.8 Å². The van der Waals surface area contributed by atoms with Crippen LogP contribution in [0.4, 0.5) is 5.69 Å². The first-order valence-corrected chi connectivity index (χ1v) is 6.76. The molecule has 1 aliphatic carbocycles. The van der Waals surface area contributed by atoms with Crippen LogP contribution in [0.5, 0.6) is 5.75 Å². The summed E-state index contributed by atoms with van der Waals surface area (Å²) in [7, 11) is 0. The van der Waals surface area contributed by atoms with Crippen molar-refractivity contribution in [2.45, 2.75) is 44.1 Å². The molecule has 0 atom stereocenters. The zero-order valence-corrected chi connectivity index (χ0v) is 11.0. The maximum Gasteiger partial charge on any atom is 0.310 e. The Balaban J connectivity index is 2.03. The van der Waals surface area contributed by atoms with E-state index in [1.54, 1.807) is 18.2 Å². The minimum absolute atomic E-state index is 0.000257. The van der Waals surface area contributed by atoms with Gasteiger partial charge in [0.05, 0.1) is 10.5 Å². The molecule has 5 heteroatoms. The molecule has 0 amide bonds. The standard InChI is InChI=1S/C14H20N2O3/c15-14(9-5-1-2-6-10-14)11-19-13-8-4-3-7-12(13)16(17)18/h3-4,7-8H,1-2,5-6,9-11,15H2. The number of nitrogens with zero attached hydrogens (tertiary/aromatic N) is 1. The lowest BCUT2D eigenvalue weighted by Crippen LogP contribution is -2.45. The maximum absolute atomic E-state index is 10.9. The lowest BCUT2D eigenvalue weighted by Gasteiger charge is -2.27. The summed E-state index contributed by atoms with van der Waals surface area (Å²) in [6.07, 6.45) is 6.49. The number of para-hydroxylation sites is 2. The first-order valence-electron chi connectivity index (χ1n) is 6.76. The molecule has 0 unspecified atom stereocenters. The largest absolute Gasteiger partial charge is 0.485 e. The molecule has 0 bridgehead atoms. The molecule has 1 aromatic carbocycles. The van der Waals surface area contributed by atoms with Crippen LogP contribution < -0.4 is 10.5 Å².